The standard InChI is InChI=1S/C35H40O5/c1-5-8-18-35(19-9-6-2)30-21-25(32(36)27-13-11-10-12-24(27)4)14-16-28(30)29-17-15-26(22-31(29)35)33(37)34(38)40-23-39-20-7-3/h10-17,21-22H,5-9,18-20,23H2,1-4H3. The number of unbranched alkanes of at least 4 members (excludes halogenated alkanes) is 2. The van der Waals surface area contributed by atoms with Gasteiger partial charge in [-0.2, -0.15) is 0 Å². The van der Waals surface area contributed by atoms with E-state index in [9.17, 15) is 14.4 Å². The summed E-state index contributed by atoms with van der Waals surface area (Å²) >= 11 is 0. The third-order valence-electron chi connectivity index (χ3n) is 8.00. The number of ketones is 2. The number of esters is 1. The van der Waals surface area contributed by atoms with Crippen LogP contribution in [0.2, 0.25) is 0 Å². The average Bonchev–Trinajstić information content (AvgIpc) is 3.25. The highest BCUT2D eigenvalue weighted by atomic mass is 16.7. The van der Waals surface area contributed by atoms with Crippen molar-refractivity contribution in [3.05, 3.63) is 94.0 Å². The second kappa shape index (κ2) is 13.2. The number of benzene rings is 3. The van der Waals surface area contributed by atoms with E-state index in [0.29, 0.717) is 23.3 Å². The molecule has 0 aromatic heterocycles. The molecule has 0 aliphatic heterocycles. The summed E-state index contributed by atoms with van der Waals surface area (Å²) in [7, 11) is 0. The normalized spacial score (nSPS) is 13.0. The molecule has 0 amide bonds. The summed E-state index contributed by atoms with van der Waals surface area (Å²) < 4.78 is 10.3. The summed E-state index contributed by atoms with van der Waals surface area (Å²) in [6, 6.07) is 19.3. The Morgan fingerprint density at radius 3 is 1.95 bits per heavy atom. The van der Waals surface area contributed by atoms with Gasteiger partial charge in [0.05, 0.1) is 6.61 Å². The molecule has 3 aromatic carbocycles. The van der Waals surface area contributed by atoms with E-state index in [1.807, 2.05) is 56.3 Å². The Morgan fingerprint density at radius 1 is 0.750 bits per heavy atom. The molecule has 40 heavy (non-hydrogen) atoms. The Kier molecular flexibility index (Phi) is 9.70. The average molecular weight is 541 g/mol. The van der Waals surface area contributed by atoms with Crippen LogP contribution >= 0.6 is 0 Å². The molecule has 0 saturated heterocycles. The monoisotopic (exact) mass is 540 g/mol. The van der Waals surface area contributed by atoms with Crippen LogP contribution in [-0.2, 0) is 19.7 Å². The van der Waals surface area contributed by atoms with E-state index in [4.69, 9.17) is 9.47 Å². The first-order valence-corrected chi connectivity index (χ1v) is 14.6. The minimum Gasteiger partial charge on any atom is -0.432 e. The van der Waals surface area contributed by atoms with Crippen molar-refractivity contribution in [1.82, 2.24) is 0 Å². The molecule has 0 spiro atoms. The van der Waals surface area contributed by atoms with E-state index >= 15 is 0 Å². The van der Waals surface area contributed by atoms with Gasteiger partial charge < -0.3 is 9.47 Å². The summed E-state index contributed by atoms with van der Waals surface area (Å²) in [6.45, 7) is 8.51. The Hall–Kier alpha value is -3.57. The van der Waals surface area contributed by atoms with Crippen molar-refractivity contribution in [2.75, 3.05) is 13.4 Å². The summed E-state index contributed by atoms with van der Waals surface area (Å²) in [5, 5.41) is 0. The van der Waals surface area contributed by atoms with Crippen LogP contribution in [0.4, 0.5) is 0 Å². The van der Waals surface area contributed by atoms with Crippen molar-refractivity contribution in [3.8, 4) is 11.1 Å². The van der Waals surface area contributed by atoms with E-state index in [-0.39, 0.29) is 18.0 Å². The van der Waals surface area contributed by atoms with E-state index in [2.05, 4.69) is 26.0 Å². The van der Waals surface area contributed by atoms with Crippen molar-refractivity contribution < 1.29 is 23.9 Å². The molecule has 210 valence electrons. The van der Waals surface area contributed by atoms with Crippen LogP contribution in [0.15, 0.2) is 60.7 Å². The van der Waals surface area contributed by atoms with Crippen LogP contribution in [0.3, 0.4) is 0 Å². The zero-order valence-electron chi connectivity index (χ0n) is 24.2. The lowest BCUT2D eigenvalue weighted by Crippen LogP contribution is -2.26. The Balaban J connectivity index is 1.78. The number of hydrogen-bond acceptors (Lipinski definition) is 5. The summed E-state index contributed by atoms with van der Waals surface area (Å²) in [6.07, 6.45) is 6.68. The first-order valence-electron chi connectivity index (χ1n) is 14.6. The van der Waals surface area contributed by atoms with Crippen molar-refractivity contribution in [2.45, 2.75) is 78.1 Å². The lowest BCUT2D eigenvalue weighted by molar-refractivity contribution is -0.150. The Bertz CT molecular complexity index is 1380. The van der Waals surface area contributed by atoms with Crippen LogP contribution in [0.5, 0.6) is 0 Å². The van der Waals surface area contributed by atoms with Gasteiger partial charge in [0.25, 0.3) is 5.78 Å². The van der Waals surface area contributed by atoms with Crippen LogP contribution in [-0.4, -0.2) is 30.9 Å². The number of hydrogen-bond donors (Lipinski definition) is 0. The molecule has 3 aromatic rings. The maximum atomic E-state index is 13.6. The van der Waals surface area contributed by atoms with Gasteiger partial charge in [-0.15, -0.1) is 0 Å². The number of fused-ring (bicyclic) bond motifs is 3. The topological polar surface area (TPSA) is 69.7 Å². The van der Waals surface area contributed by atoms with Crippen LogP contribution < -0.4 is 0 Å². The number of rotatable bonds is 14. The number of aryl methyl sites for hydroxylation is 1. The molecule has 0 heterocycles. The highest BCUT2D eigenvalue weighted by molar-refractivity contribution is 6.40. The molecule has 4 rings (SSSR count). The molecule has 0 fully saturated rings. The quantitative estimate of drug-likeness (QED) is 0.0681. The SMILES string of the molecule is CCCCC1(CCCC)c2cc(C(=O)C(=O)OCOCCC)ccc2-c2ccc(C(=O)c3ccccc3C)cc21. The number of Topliss-reactive ketones (excluding diaryl/α,β-unsaturated/α-hetero) is 1. The minimum atomic E-state index is -0.912. The fraction of sp³-hybridized carbons (Fsp3) is 0.400. The van der Waals surface area contributed by atoms with Crippen LogP contribution in [0, 0.1) is 6.92 Å². The molecule has 1 aliphatic carbocycles. The first kappa shape index (κ1) is 29.4. The number of ether oxygens (including phenoxy) is 2. The molecule has 0 saturated carbocycles. The van der Waals surface area contributed by atoms with Gasteiger partial charge in [-0.1, -0.05) is 95.0 Å². The summed E-state index contributed by atoms with van der Waals surface area (Å²) in [5.74, 6) is -1.57. The lowest BCUT2D eigenvalue weighted by Gasteiger charge is -2.33. The van der Waals surface area contributed by atoms with Crippen LogP contribution in [0.25, 0.3) is 11.1 Å². The highest BCUT2D eigenvalue weighted by Gasteiger charge is 2.43. The minimum absolute atomic E-state index is 0.0145. The zero-order valence-corrected chi connectivity index (χ0v) is 24.2. The van der Waals surface area contributed by atoms with Crippen LogP contribution in [0.1, 0.15) is 109 Å². The molecule has 1 aliphatic rings. The van der Waals surface area contributed by atoms with E-state index < -0.39 is 11.8 Å². The molecular weight excluding hydrogens is 500 g/mol. The summed E-state index contributed by atoms with van der Waals surface area (Å²) in [4.78, 5) is 39.2. The fourth-order valence-corrected chi connectivity index (χ4v) is 5.86. The first-order chi connectivity index (χ1) is 19.4. The van der Waals surface area contributed by atoms with Gasteiger partial charge in [0.2, 0.25) is 0 Å². The third-order valence-corrected chi connectivity index (χ3v) is 8.00. The molecular formula is C35H40O5. The zero-order chi connectivity index (χ0) is 28.7. The predicted octanol–water partition coefficient (Wildman–Crippen LogP) is 7.98. The third kappa shape index (κ3) is 5.80. The van der Waals surface area contributed by atoms with E-state index in [1.165, 1.54) is 0 Å². The van der Waals surface area contributed by atoms with Gasteiger partial charge in [-0.25, -0.2) is 4.79 Å². The largest absolute Gasteiger partial charge is 0.432 e. The van der Waals surface area contributed by atoms with Gasteiger partial charge in [0.15, 0.2) is 12.6 Å². The summed E-state index contributed by atoms with van der Waals surface area (Å²) in [5.41, 5.74) is 6.67. The molecule has 5 nitrogen and oxygen atoms in total. The van der Waals surface area contributed by atoms with Crippen molar-refractivity contribution in [2.24, 2.45) is 0 Å². The fourth-order valence-electron chi connectivity index (χ4n) is 5.86. The number of carbonyl (C=O) groups excluding carboxylic acids is 3. The highest BCUT2D eigenvalue weighted by Crippen LogP contribution is 2.54. The molecule has 0 N–H and O–H groups in total. The second-order valence-electron chi connectivity index (χ2n) is 10.7. The van der Waals surface area contributed by atoms with Crippen molar-refractivity contribution >= 4 is 17.5 Å². The molecule has 5 heteroatoms. The molecule has 0 atom stereocenters. The van der Waals surface area contributed by atoms with Gasteiger partial charge >= 0.3 is 5.97 Å². The van der Waals surface area contributed by atoms with Gasteiger partial charge in [-0.3, -0.25) is 9.59 Å². The predicted molar refractivity (Wildman–Crippen MR) is 158 cm³/mol. The Morgan fingerprint density at radius 2 is 1.35 bits per heavy atom. The van der Waals surface area contributed by atoms with Crippen molar-refractivity contribution in [3.63, 3.8) is 0 Å². The smallest absolute Gasteiger partial charge is 0.381 e. The van der Waals surface area contributed by atoms with E-state index in [1.54, 1.807) is 6.07 Å². The van der Waals surface area contributed by atoms with Gasteiger partial charge in [-0.05, 0) is 66.1 Å². The second-order valence-corrected chi connectivity index (χ2v) is 10.7. The molecule has 0 radical (unpaired) electrons. The molecule has 0 unspecified atom stereocenters. The maximum absolute atomic E-state index is 13.6. The Labute approximate surface area is 237 Å². The number of carbonyl (C=O) groups is 3. The maximum Gasteiger partial charge on any atom is 0.381 e. The lowest BCUT2D eigenvalue weighted by atomic mass is 9.70. The van der Waals surface area contributed by atoms with Crippen molar-refractivity contribution in [1.29, 1.82) is 0 Å². The van der Waals surface area contributed by atoms with Gasteiger partial charge in [0.1, 0.15) is 0 Å². The van der Waals surface area contributed by atoms with Gasteiger partial charge in [0, 0.05) is 22.1 Å². The van der Waals surface area contributed by atoms with E-state index in [0.717, 1.165) is 72.8 Å². The molecule has 0 bridgehead atoms.